The van der Waals surface area contributed by atoms with Gasteiger partial charge in [0.25, 0.3) is 0 Å². The van der Waals surface area contributed by atoms with Crippen LogP contribution in [0.25, 0.3) is 0 Å². The van der Waals surface area contributed by atoms with Crippen molar-refractivity contribution in [1.29, 1.82) is 0 Å². The lowest BCUT2D eigenvalue weighted by molar-refractivity contribution is -0.160. The zero-order valence-electron chi connectivity index (χ0n) is 12.9. The number of ether oxygens (including phenoxy) is 1. The van der Waals surface area contributed by atoms with Crippen molar-refractivity contribution in [1.82, 2.24) is 0 Å². The molecule has 0 spiro atoms. The van der Waals surface area contributed by atoms with E-state index in [4.69, 9.17) is 9.84 Å². The summed E-state index contributed by atoms with van der Waals surface area (Å²) >= 11 is 0. The first-order valence-electron chi connectivity index (χ1n) is 6.63. The van der Waals surface area contributed by atoms with E-state index in [2.05, 4.69) is 0 Å². The monoisotopic (exact) mass is 284 g/mol. The van der Waals surface area contributed by atoms with Crippen LogP contribution in [0.15, 0.2) is 11.6 Å². The molecule has 0 rings (SSSR count). The summed E-state index contributed by atoms with van der Waals surface area (Å²) in [5.41, 5.74) is 0.229. The predicted molar refractivity (Wildman–Crippen MR) is 75.3 cm³/mol. The molecule has 1 atom stereocenters. The molecule has 0 radical (unpaired) electrons. The van der Waals surface area contributed by atoms with Crippen molar-refractivity contribution >= 4 is 17.7 Å². The van der Waals surface area contributed by atoms with E-state index in [0.29, 0.717) is 0 Å². The molecule has 0 aliphatic carbocycles. The highest BCUT2D eigenvalue weighted by atomic mass is 16.6. The summed E-state index contributed by atoms with van der Waals surface area (Å²) < 4.78 is 5.09. The Morgan fingerprint density at radius 3 is 2.15 bits per heavy atom. The minimum Gasteiger partial charge on any atom is -0.481 e. The summed E-state index contributed by atoms with van der Waals surface area (Å²) in [5, 5.41) is 9.08. The van der Waals surface area contributed by atoms with Crippen LogP contribution in [-0.2, 0) is 19.1 Å². The number of carbonyl (C=O) groups is 3. The Morgan fingerprint density at radius 2 is 1.75 bits per heavy atom. The molecule has 0 unspecified atom stereocenters. The normalized spacial score (nSPS) is 12.4. The van der Waals surface area contributed by atoms with E-state index in [1.54, 1.807) is 34.6 Å². The average molecular weight is 284 g/mol. The molecule has 114 valence electrons. The Morgan fingerprint density at radius 1 is 1.20 bits per heavy atom. The largest absolute Gasteiger partial charge is 0.481 e. The summed E-state index contributed by atoms with van der Waals surface area (Å²) in [5.74, 6) is -2.65. The maximum absolute atomic E-state index is 11.6. The fourth-order valence-corrected chi connectivity index (χ4v) is 1.61. The minimum absolute atomic E-state index is 0.116. The van der Waals surface area contributed by atoms with E-state index < -0.39 is 23.5 Å². The summed E-state index contributed by atoms with van der Waals surface area (Å²) in [4.78, 5) is 34.2. The molecule has 0 aromatic carbocycles. The molecule has 0 aromatic heterocycles. The fraction of sp³-hybridized carbons (Fsp3) is 0.667. The maximum Gasteiger partial charge on any atom is 0.307 e. The summed E-state index contributed by atoms with van der Waals surface area (Å²) in [6.45, 7) is 8.76. The Kier molecular flexibility index (Phi) is 7.18. The number of hydrogen-bond acceptors (Lipinski definition) is 4. The van der Waals surface area contributed by atoms with Gasteiger partial charge in [0, 0.05) is 6.42 Å². The fourth-order valence-electron chi connectivity index (χ4n) is 1.61. The van der Waals surface area contributed by atoms with E-state index >= 15 is 0 Å². The van der Waals surface area contributed by atoms with E-state index in [0.717, 1.165) is 5.57 Å². The summed E-state index contributed by atoms with van der Waals surface area (Å²) in [6, 6.07) is 0. The molecule has 0 fully saturated rings. The van der Waals surface area contributed by atoms with Crippen molar-refractivity contribution in [3.63, 3.8) is 0 Å². The highest BCUT2D eigenvalue weighted by Crippen LogP contribution is 2.16. The molecular formula is C15H24O5. The van der Waals surface area contributed by atoms with Crippen LogP contribution in [0, 0.1) is 5.92 Å². The Hall–Kier alpha value is -1.65. The average Bonchev–Trinajstić information content (AvgIpc) is 2.19. The zero-order valence-corrected chi connectivity index (χ0v) is 12.9. The van der Waals surface area contributed by atoms with Gasteiger partial charge >= 0.3 is 11.9 Å². The van der Waals surface area contributed by atoms with Gasteiger partial charge in [-0.05, 0) is 47.1 Å². The van der Waals surface area contributed by atoms with Gasteiger partial charge in [0.05, 0.1) is 12.3 Å². The van der Waals surface area contributed by atoms with Crippen molar-refractivity contribution in [3.05, 3.63) is 11.6 Å². The van der Waals surface area contributed by atoms with E-state index in [9.17, 15) is 14.4 Å². The predicted octanol–water partition coefficient (Wildman–Crippen LogP) is 2.73. The molecule has 5 heteroatoms. The van der Waals surface area contributed by atoms with Gasteiger partial charge in [-0.1, -0.05) is 5.57 Å². The Labute approximate surface area is 120 Å². The second-order valence-corrected chi connectivity index (χ2v) is 6.05. The van der Waals surface area contributed by atoms with Crippen LogP contribution in [-0.4, -0.2) is 28.4 Å². The van der Waals surface area contributed by atoms with E-state index in [1.165, 1.54) is 6.08 Å². The highest BCUT2D eigenvalue weighted by molar-refractivity contribution is 5.90. The molecule has 0 amide bonds. The van der Waals surface area contributed by atoms with Gasteiger partial charge in [0.15, 0.2) is 5.78 Å². The van der Waals surface area contributed by atoms with Gasteiger partial charge < -0.3 is 9.84 Å². The Balaban J connectivity index is 4.46. The van der Waals surface area contributed by atoms with Gasteiger partial charge in [-0.25, -0.2) is 0 Å². The number of esters is 1. The number of aliphatic carboxylic acids is 1. The van der Waals surface area contributed by atoms with E-state index in [-0.39, 0.29) is 25.0 Å². The summed E-state index contributed by atoms with van der Waals surface area (Å²) in [7, 11) is 0. The standard InChI is InChI=1S/C15H24O5/c1-10(2)8-12(16)7-6-11(14(18)19)9-13(17)20-15(3,4)5/h8,11H,6-7,9H2,1-5H3,(H,18,19)/t11-/m1/s1. The third-order valence-corrected chi connectivity index (χ3v) is 2.37. The molecule has 0 saturated carbocycles. The van der Waals surface area contributed by atoms with Gasteiger partial charge in [-0.2, -0.15) is 0 Å². The SMILES string of the molecule is CC(C)=CC(=O)CC[C@H](CC(=O)OC(C)(C)C)C(=O)O. The molecule has 5 nitrogen and oxygen atoms in total. The number of carbonyl (C=O) groups excluding carboxylic acids is 2. The second kappa shape index (κ2) is 7.82. The van der Waals surface area contributed by atoms with Crippen molar-refractivity contribution < 1.29 is 24.2 Å². The zero-order chi connectivity index (χ0) is 15.9. The first-order chi connectivity index (χ1) is 9.01. The smallest absolute Gasteiger partial charge is 0.307 e. The molecular weight excluding hydrogens is 260 g/mol. The molecule has 0 aromatic rings. The number of hydrogen-bond donors (Lipinski definition) is 1. The first-order valence-corrected chi connectivity index (χ1v) is 6.63. The van der Waals surface area contributed by atoms with Gasteiger partial charge in [-0.3, -0.25) is 14.4 Å². The van der Waals surface area contributed by atoms with Crippen LogP contribution in [0.3, 0.4) is 0 Å². The van der Waals surface area contributed by atoms with Crippen molar-refractivity contribution in [2.45, 2.75) is 59.5 Å². The highest BCUT2D eigenvalue weighted by Gasteiger charge is 2.25. The molecule has 0 heterocycles. The van der Waals surface area contributed by atoms with Crippen molar-refractivity contribution in [2.24, 2.45) is 5.92 Å². The lowest BCUT2D eigenvalue weighted by Gasteiger charge is -2.20. The quantitative estimate of drug-likeness (QED) is 0.574. The first kappa shape index (κ1) is 18.4. The van der Waals surface area contributed by atoms with Crippen LogP contribution in [0.1, 0.15) is 53.9 Å². The van der Waals surface area contributed by atoms with Gasteiger partial charge in [-0.15, -0.1) is 0 Å². The van der Waals surface area contributed by atoms with Crippen LogP contribution in [0.4, 0.5) is 0 Å². The Bertz CT molecular complexity index is 397. The molecule has 0 aliphatic heterocycles. The van der Waals surface area contributed by atoms with Crippen molar-refractivity contribution in [3.8, 4) is 0 Å². The summed E-state index contributed by atoms with van der Waals surface area (Å²) in [6.07, 6.45) is 1.52. The number of rotatable bonds is 7. The maximum atomic E-state index is 11.6. The second-order valence-electron chi connectivity index (χ2n) is 6.05. The molecule has 1 N–H and O–H groups in total. The van der Waals surface area contributed by atoms with Crippen molar-refractivity contribution in [2.75, 3.05) is 0 Å². The lowest BCUT2D eigenvalue weighted by Crippen LogP contribution is -2.27. The van der Waals surface area contributed by atoms with Gasteiger partial charge in [0.2, 0.25) is 0 Å². The van der Waals surface area contributed by atoms with Crippen LogP contribution >= 0.6 is 0 Å². The van der Waals surface area contributed by atoms with Crippen LogP contribution in [0.2, 0.25) is 0 Å². The topological polar surface area (TPSA) is 80.7 Å². The third kappa shape index (κ3) is 9.30. The van der Waals surface area contributed by atoms with Crippen LogP contribution < -0.4 is 0 Å². The third-order valence-electron chi connectivity index (χ3n) is 2.37. The van der Waals surface area contributed by atoms with Gasteiger partial charge in [0.1, 0.15) is 5.60 Å². The number of carboxylic acids is 1. The van der Waals surface area contributed by atoms with E-state index in [1.807, 2.05) is 0 Å². The lowest BCUT2D eigenvalue weighted by atomic mass is 9.97. The van der Waals surface area contributed by atoms with Crippen LogP contribution in [0.5, 0.6) is 0 Å². The number of allylic oxidation sites excluding steroid dienone is 2. The molecule has 0 bridgehead atoms. The number of carboxylic acid groups (broad SMARTS) is 1. The molecule has 0 aliphatic rings. The molecule has 0 saturated heterocycles. The number of ketones is 1. The molecule has 20 heavy (non-hydrogen) atoms. The minimum atomic E-state index is -1.08.